The molecule has 0 aromatic carbocycles. The van der Waals surface area contributed by atoms with E-state index in [0.717, 1.165) is 6.42 Å². The zero-order valence-corrected chi connectivity index (χ0v) is 10.4. The van der Waals surface area contributed by atoms with E-state index in [-0.39, 0.29) is 36.2 Å². The third-order valence-electron chi connectivity index (χ3n) is 3.81. The first-order chi connectivity index (χ1) is 8.47. The SMILES string of the molecule is C[C@@H]1CCC(=O)[C@@H](C(=O)C[C@@H]2CC(=O)NC2=O)C1. The van der Waals surface area contributed by atoms with Gasteiger partial charge in [-0.1, -0.05) is 6.92 Å². The third kappa shape index (κ3) is 2.66. The molecule has 2 aliphatic rings. The summed E-state index contributed by atoms with van der Waals surface area (Å²) in [7, 11) is 0. The summed E-state index contributed by atoms with van der Waals surface area (Å²) in [6.07, 6.45) is 1.96. The van der Waals surface area contributed by atoms with Crippen LogP contribution in [0.15, 0.2) is 0 Å². The minimum absolute atomic E-state index is 0.0113. The summed E-state index contributed by atoms with van der Waals surface area (Å²) in [5.74, 6) is -1.67. The minimum atomic E-state index is -0.574. The molecule has 1 saturated carbocycles. The number of hydrogen-bond acceptors (Lipinski definition) is 4. The lowest BCUT2D eigenvalue weighted by Gasteiger charge is -2.24. The van der Waals surface area contributed by atoms with Crippen LogP contribution in [0.5, 0.6) is 0 Å². The Morgan fingerprint density at radius 1 is 1.33 bits per heavy atom. The van der Waals surface area contributed by atoms with E-state index >= 15 is 0 Å². The smallest absolute Gasteiger partial charge is 0.230 e. The molecule has 0 radical (unpaired) electrons. The normalized spacial score (nSPS) is 32.5. The first kappa shape index (κ1) is 12.9. The van der Waals surface area contributed by atoms with Crippen molar-refractivity contribution in [3.05, 3.63) is 0 Å². The lowest BCUT2D eigenvalue weighted by Crippen LogP contribution is -2.32. The Balaban J connectivity index is 1.97. The topological polar surface area (TPSA) is 80.3 Å². The Hall–Kier alpha value is -1.52. The van der Waals surface area contributed by atoms with Gasteiger partial charge in [-0.2, -0.15) is 0 Å². The molecule has 3 atom stereocenters. The van der Waals surface area contributed by atoms with E-state index < -0.39 is 11.8 Å². The van der Waals surface area contributed by atoms with Gasteiger partial charge >= 0.3 is 0 Å². The third-order valence-corrected chi connectivity index (χ3v) is 3.81. The molecule has 5 nitrogen and oxygen atoms in total. The molecule has 1 heterocycles. The van der Waals surface area contributed by atoms with Gasteiger partial charge in [0.2, 0.25) is 11.8 Å². The molecule has 2 fully saturated rings. The maximum atomic E-state index is 12.1. The molecule has 0 unspecified atom stereocenters. The number of nitrogens with one attached hydrogen (secondary N) is 1. The van der Waals surface area contributed by atoms with Crippen molar-refractivity contribution >= 4 is 23.4 Å². The highest BCUT2D eigenvalue weighted by atomic mass is 16.2. The highest BCUT2D eigenvalue weighted by molar-refractivity contribution is 6.08. The number of carbonyl (C=O) groups excluding carboxylic acids is 4. The molecular weight excluding hydrogens is 234 g/mol. The summed E-state index contributed by atoms with van der Waals surface area (Å²) < 4.78 is 0. The van der Waals surface area contributed by atoms with Crippen LogP contribution in [0, 0.1) is 17.8 Å². The van der Waals surface area contributed by atoms with Gasteiger partial charge in [-0.05, 0) is 18.8 Å². The Kier molecular flexibility index (Phi) is 3.59. The van der Waals surface area contributed by atoms with E-state index in [2.05, 4.69) is 5.32 Å². The van der Waals surface area contributed by atoms with E-state index in [4.69, 9.17) is 0 Å². The van der Waals surface area contributed by atoms with E-state index in [9.17, 15) is 19.2 Å². The van der Waals surface area contributed by atoms with E-state index in [1.807, 2.05) is 6.92 Å². The molecule has 1 aliphatic carbocycles. The second-order valence-electron chi connectivity index (χ2n) is 5.38. The lowest BCUT2D eigenvalue weighted by molar-refractivity contribution is -0.137. The maximum absolute atomic E-state index is 12.1. The largest absolute Gasteiger partial charge is 0.299 e. The number of rotatable bonds is 3. The molecule has 98 valence electrons. The first-order valence-corrected chi connectivity index (χ1v) is 6.36. The highest BCUT2D eigenvalue weighted by Gasteiger charge is 2.37. The lowest BCUT2D eigenvalue weighted by atomic mass is 9.77. The van der Waals surface area contributed by atoms with Gasteiger partial charge in [0.15, 0.2) is 0 Å². The van der Waals surface area contributed by atoms with Crippen molar-refractivity contribution in [3.8, 4) is 0 Å². The molecule has 2 amide bonds. The molecule has 18 heavy (non-hydrogen) atoms. The van der Waals surface area contributed by atoms with Crippen molar-refractivity contribution in [2.75, 3.05) is 0 Å². The van der Waals surface area contributed by atoms with E-state index in [1.165, 1.54) is 0 Å². The highest BCUT2D eigenvalue weighted by Crippen LogP contribution is 2.29. The molecule has 0 aromatic rings. The summed E-state index contributed by atoms with van der Waals surface area (Å²) in [6, 6.07) is 0. The van der Waals surface area contributed by atoms with Crippen LogP contribution >= 0.6 is 0 Å². The zero-order chi connectivity index (χ0) is 13.3. The number of carbonyl (C=O) groups is 4. The van der Waals surface area contributed by atoms with Gasteiger partial charge in [0.1, 0.15) is 11.6 Å². The number of Topliss-reactive ketones (excluding diaryl/α,β-unsaturated/α-hetero) is 2. The van der Waals surface area contributed by atoms with Gasteiger partial charge in [0.05, 0.1) is 11.8 Å². The van der Waals surface area contributed by atoms with Crippen LogP contribution in [0.1, 0.15) is 39.0 Å². The zero-order valence-electron chi connectivity index (χ0n) is 10.4. The summed E-state index contributed by atoms with van der Waals surface area (Å²) >= 11 is 0. The Bertz CT molecular complexity index is 415. The maximum Gasteiger partial charge on any atom is 0.230 e. The predicted octanol–water partition coefficient (Wildman–Crippen LogP) is 0.614. The quantitative estimate of drug-likeness (QED) is 0.588. The van der Waals surface area contributed by atoms with Crippen LogP contribution in [-0.2, 0) is 19.2 Å². The molecule has 2 rings (SSSR count). The average molecular weight is 251 g/mol. The van der Waals surface area contributed by atoms with Gasteiger partial charge < -0.3 is 0 Å². The van der Waals surface area contributed by atoms with Crippen molar-refractivity contribution in [1.29, 1.82) is 0 Å². The first-order valence-electron chi connectivity index (χ1n) is 6.36. The molecule has 0 aromatic heterocycles. The van der Waals surface area contributed by atoms with Gasteiger partial charge in [0, 0.05) is 19.3 Å². The fraction of sp³-hybridized carbons (Fsp3) is 0.692. The summed E-state index contributed by atoms with van der Waals surface area (Å²) in [4.78, 5) is 46.2. The minimum Gasteiger partial charge on any atom is -0.299 e. The van der Waals surface area contributed by atoms with Crippen LogP contribution < -0.4 is 5.32 Å². The summed E-state index contributed by atoms with van der Waals surface area (Å²) in [6.45, 7) is 2.03. The molecule has 1 aliphatic heterocycles. The van der Waals surface area contributed by atoms with Crippen molar-refractivity contribution in [2.45, 2.75) is 39.0 Å². The molecule has 5 heteroatoms. The molecule has 1 N–H and O–H groups in total. The molecule has 1 saturated heterocycles. The molecule has 0 spiro atoms. The van der Waals surface area contributed by atoms with Crippen molar-refractivity contribution in [1.82, 2.24) is 5.32 Å². The van der Waals surface area contributed by atoms with Crippen molar-refractivity contribution < 1.29 is 19.2 Å². The van der Waals surface area contributed by atoms with Gasteiger partial charge in [0.25, 0.3) is 0 Å². The van der Waals surface area contributed by atoms with Gasteiger partial charge in [-0.15, -0.1) is 0 Å². The van der Waals surface area contributed by atoms with Gasteiger partial charge in [-0.25, -0.2) is 0 Å². The van der Waals surface area contributed by atoms with Crippen molar-refractivity contribution in [3.63, 3.8) is 0 Å². The number of hydrogen-bond donors (Lipinski definition) is 1. The van der Waals surface area contributed by atoms with Crippen LogP contribution in [0.2, 0.25) is 0 Å². The summed E-state index contributed by atoms with van der Waals surface area (Å²) in [5.41, 5.74) is 0. The van der Waals surface area contributed by atoms with Crippen LogP contribution in [0.3, 0.4) is 0 Å². The standard InChI is InChI=1S/C13H17NO4/c1-7-2-3-10(15)9(4-7)11(16)5-8-6-12(17)14-13(8)18/h7-9H,2-6H2,1H3,(H,14,17,18)/t7-,8-,9+/m1/s1. The van der Waals surface area contributed by atoms with Crippen LogP contribution in [0.4, 0.5) is 0 Å². The average Bonchev–Trinajstić information content (AvgIpc) is 2.61. The molecule has 0 bridgehead atoms. The fourth-order valence-corrected chi connectivity index (χ4v) is 2.68. The Labute approximate surface area is 105 Å². The number of ketones is 2. The van der Waals surface area contributed by atoms with Crippen LogP contribution in [0.25, 0.3) is 0 Å². The number of amides is 2. The monoisotopic (exact) mass is 251 g/mol. The molecular formula is C13H17NO4. The summed E-state index contributed by atoms with van der Waals surface area (Å²) in [5, 5.41) is 2.18. The second kappa shape index (κ2) is 5.00. The second-order valence-corrected chi connectivity index (χ2v) is 5.38. The number of imide groups is 1. The van der Waals surface area contributed by atoms with E-state index in [0.29, 0.717) is 18.8 Å². The van der Waals surface area contributed by atoms with Gasteiger partial charge in [-0.3, -0.25) is 24.5 Å². The van der Waals surface area contributed by atoms with E-state index in [1.54, 1.807) is 0 Å². The van der Waals surface area contributed by atoms with Crippen LogP contribution in [-0.4, -0.2) is 23.4 Å². The van der Waals surface area contributed by atoms with Crippen molar-refractivity contribution in [2.24, 2.45) is 17.8 Å². The fourth-order valence-electron chi connectivity index (χ4n) is 2.68. The predicted molar refractivity (Wildman–Crippen MR) is 62.4 cm³/mol. The Morgan fingerprint density at radius 3 is 2.67 bits per heavy atom. The Morgan fingerprint density at radius 2 is 2.06 bits per heavy atom.